The number of nitrogens with zero attached hydrogens (tertiary/aromatic N) is 4. The molecule has 0 atom stereocenters. The number of carbonyl (C=O) groups is 2. The molecule has 2 amide bonds. The van der Waals surface area contributed by atoms with E-state index in [0.29, 0.717) is 11.4 Å². The zero-order valence-corrected chi connectivity index (χ0v) is 29.5. The molecule has 2 aliphatic rings. The lowest BCUT2D eigenvalue weighted by atomic mass is 10.1. The highest BCUT2D eigenvalue weighted by Crippen LogP contribution is 2.30. The predicted molar refractivity (Wildman–Crippen MR) is 186 cm³/mol. The van der Waals surface area contributed by atoms with Gasteiger partial charge in [-0.25, -0.2) is 16.8 Å². The van der Waals surface area contributed by atoms with E-state index < -0.39 is 41.9 Å². The summed E-state index contributed by atoms with van der Waals surface area (Å²) in [5.74, 6) is -2.03. The molecule has 49 heavy (non-hydrogen) atoms. The van der Waals surface area contributed by atoms with Crippen LogP contribution >= 0.6 is 0 Å². The van der Waals surface area contributed by atoms with Gasteiger partial charge in [-0.3, -0.25) is 18.7 Å². The maximum absolute atomic E-state index is 12.1. The Balaban J connectivity index is 0.000000299. The maximum Gasteiger partial charge on any atom is 0.394 e. The number of rotatable bonds is 6. The first-order valence-corrected chi connectivity index (χ1v) is 19.9. The van der Waals surface area contributed by atoms with Gasteiger partial charge in [0, 0.05) is 49.8 Å². The summed E-state index contributed by atoms with van der Waals surface area (Å²) in [7, 11) is -11.6. The van der Waals surface area contributed by atoms with E-state index in [1.54, 1.807) is 24.3 Å². The smallest absolute Gasteiger partial charge is 0.370 e. The number of nitrogens with two attached hydrogens (primary N) is 4. The largest absolute Gasteiger partial charge is 0.394 e. The number of anilines is 2. The number of piperidine rings is 2. The van der Waals surface area contributed by atoms with Crippen LogP contribution in [0.1, 0.15) is 59.2 Å². The van der Waals surface area contributed by atoms with Gasteiger partial charge in [0.25, 0.3) is 11.8 Å². The molecule has 0 spiro atoms. The van der Waals surface area contributed by atoms with Crippen LogP contribution in [-0.4, -0.2) is 96.8 Å². The highest BCUT2D eigenvalue weighted by Gasteiger charge is 2.23. The van der Waals surface area contributed by atoms with Crippen LogP contribution in [-0.2, 0) is 30.1 Å². The highest BCUT2D eigenvalue weighted by molar-refractivity contribution is 7.91. The number of benzene rings is 2. The van der Waals surface area contributed by atoms with E-state index in [1.807, 2.05) is 9.80 Å². The fourth-order valence-electron chi connectivity index (χ4n) is 5.04. The molecular formula is C28H42N8O10S3. The summed E-state index contributed by atoms with van der Waals surface area (Å²) < 4.78 is 79.9. The third kappa shape index (κ3) is 14.0. The predicted octanol–water partition coefficient (Wildman–Crippen LogP) is 0.335. The van der Waals surface area contributed by atoms with Crippen molar-refractivity contribution >= 4 is 65.2 Å². The Morgan fingerprint density at radius 3 is 1.12 bits per heavy atom. The molecule has 2 fully saturated rings. The Kier molecular flexibility index (Phi) is 14.5. The molecule has 0 unspecified atom stereocenters. The Bertz CT molecular complexity index is 1760. The molecule has 2 aromatic rings. The molecular weight excluding hydrogens is 705 g/mol. The molecule has 18 nitrogen and oxygen atoms in total. The molecule has 0 bridgehead atoms. The van der Waals surface area contributed by atoms with Crippen molar-refractivity contribution in [1.82, 2.24) is 0 Å². The normalized spacial score (nSPS) is 15.0. The molecule has 2 heterocycles. The summed E-state index contributed by atoms with van der Waals surface area (Å²) in [4.78, 5) is 34.9. The van der Waals surface area contributed by atoms with E-state index in [2.05, 4.69) is 9.98 Å². The summed E-state index contributed by atoms with van der Waals surface area (Å²) >= 11 is 0. The minimum absolute atomic E-state index is 0.131. The molecule has 272 valence electrons. The monoisotopic (exact) mass is 746 g/mol. The van der Waals surface area contributed by atoms with Crippen molar-refractivity contribution in [2.75, 3.05) is 48.5 Å². The van der Waals surface area contributed by atoms with Crippen LogP contribution in [0, 0.1) is 0 Å². The van der Waals surface area contributed by atoms with Crippen molar-refractivity contribution < 1.29 is 43.9 Å². The fraction of sp³-hybridized carbons (Fsp3) is 0.429. The molecule has 2 aliphatic heterocycles. The van der Waals surface area contributed by atoms with Crippen LogP contribution in [0.4, 0.5) is 11.4 Å². The van der Waals surface area contributed by atoms with Gasteiger partial charge >= 0.3 is 10.4 Å². The molecule has 0 radical (unpaired) electrons. The lowest BCUT2D eigenvalue weighted by Crippen LogP contribution is -2.30. The van der Waals surface area contributed by atoms with Gasteiger partial charge in [-0.2, -0.15) is 18.4 Å². The van der Waals surface area contributed by atoms with Gasteiger partial charge in [0.1, 0.15) is 0 Å². The van der Waals surface area contributed by atoms with Crippen LogP contribution in [0.5, 0.6) is 0 Å². The van der Waals surface area contributed by atoms with Crippen molar-refractivity contribution in [1.29, 1.82) is 0 Å². The number of sulfone groups is 2. The van der Waals surface area contributed by atoms with Gasteiger partial charge < -0.3 is 32.7 Å². The molecule has 0 saturated carbocycles. The first-order chi connectivity index (χ1) is 22.6. The van der Waals surface area contributed by atoms with E-state index in [0.717, 1.165) is 77.2 Å². The van der Waals surface area contributed by atoms with E-state index in [4.69, 9.17) is 40.5 Å². The standard InChI is InChI=1S/2C14H20N4O3S.H2O4S/c2*1-22(20,21)12-9-10(13(19)17-14(15)16)5-6-11(12)18-7-3-2-4-8-18;1-5(2,3)4/h2*5-6,9H,2-4,7-8H2,1H3,(H4,15,16,17,19);(H2,1,2,3,4). The second-order valence-corrected chi connectivity index (χ2v) is 16.0. The summed E-state index contributed by atoms with van der Waals surface area (Å²) in [6.07, 6.45) is 8.65. The van der Waals surface area contributed by atoms with Crippen molar-refractivity contribution in [3.05, 3.63) is 47.5 Å². The van der Waals surface area contributed by atoms with Gasteiger partial charge in [0.05, 0.1) is 21.2 Å². The maximum atomic E-state index is 12.1. The summed E-state index contributed by atoms with van der Waals surface area (Å²) in [6, 6.07) is 9.08. The van der Waals surface area contributed by atoms with Gasteiger partial charge in [-0.1, -0.05) is 0 Å². The number of aliphatic imine (C=N–C) groups is 2. The Labute approximate surface area is 285 Å². The summed E-state index contributed by atoms with van der Waals surface area (Å²) in [6.45, 7) is 3.24. The molecule has 0 aromatic heterocycles. The molecule has 2 saturated heterocycles. The van der Waals surface area contributed by atoms with Crippen LogP contribution in [0.2, 0.25) is 0 Å². The number of amides is 2. The van der Waals surface area contributed by atoms with Crippen molar-refractivity contribution in [2.24, 2.45) is 32.9 Å². The Morgan fingerprint density at radius 2 is 0.878 bits per heavy atom. The number of hydrogen-bond acceptors (Lipinski definition) is 10. The number of guanidine groups is 2. The van der Waals surface area contributed by atoms with Crippen molar-refractivity contribution in [3.8, 4) is 0 Å². The van der Waals surface area contributed by atoms with E-state index in [-0.39, 0.29) is 32.8 Å². The van der Waals surface area contributed by atoms with Crippen LogP contribution in [0.15, 0.2) is 56.2 Å². The van der Waals surface area contributed by atoms with Crippen LogP contribution in [0.25, 0.3) is 0 Å². The number of hydrogen-bond donors (Lipinski definition) is 6. The summed E-state index contributed by atoms with van der Waals surface area (Å²) in [5, 5.41) is 0. The Hall–Kier alpha value is -4.31. The molecule has 10 N–H and O–H groups in total. The fourth-order valence-corrected chi connectivity index (χ4v) is 6.88. The SMILES string of the molecule is CS(=O)(=O)c1cc(C(=O)N=C(N)N)ccc1N1CCCCC1.CS(=O)(=O)c1cc(C(=O)N=C(N)N)ccc1N1CCCCC1.O=S(=O)(O)O. The average Bonchev–Trinajstić information content (AvgIpc) is 2.99. The first-order valence-electron chi connectivity index (χ1n) is 14.7. The zero-order chi connectivity index (χ0) is 37.2. The topological polar surface area (TPSA) is 312 Å². The highest BCUT2D eigenvalue weighted by atomic mass is 32.3. The van der Waals surface area contributed by atoms with E-state index >= 15 is 0 Å². The second-order valence-electron chi connectivity index (χ2n) is 11.1. The van der Waals surface area contributed by atoms with Crippen molar-refractivity contribution in [3.63, 3.8) is 0 Å². The minimum atomic E-state index is -4.67. The van der Waals surface area contributed by atoms with Crippen LogP contribution in [0.3, 0.4) is 0 Å². The average molecular weight is 747 g/mol. The quantitative estimate of drug-likeness (QED) is 0.132. The Morgan fingerprint density at radius 1 is 0.592 bits per heavy atom. The summed E-state index contributed by atoms with van der Waals surface area (Å²) in [5.41, 5.74) is 22.3. The lowest BCUT2D eigenvalue weighted by molar-refractivity contribution is 0.0994. The van der Waals surface area contributed by atoms with Gasteiger partial charge in [-0.15, -0.1) is 0 Å². The molecule has 21 heteroatoms. The molecule has 4 rings (SSSR count). The first kappa shape index (κ1) is 40.9. The lowest BCUT2D eigenvalue weighted by Gasteiger charge is -2.30. The van der Waals surface area contributed by atoms with Crippen molar-refractivity contribution in [2.45, 2.75) is 48.3 Å². The molecule has 0 aliphatic carbocycles. The van der Waals surface area contributed by atoms with E-state index in [9.17, 15) is 26.4 Å². The molecule has 2 aromatic carbocycles. The second kappa shape index (κ2) is 17.4. The van der Waals surface area contributed by atoms with Gasteiger partial charge in [0.2, 0.25) is 0 Å². The van der Waals surface area contributed by atoms with Crippen LogP contribution < -0.4 is 32.7 Å². The third-order valence-electron chi connectivity index (χ3n) is 7.07. The van der Waals surface area contributed by atoms with Gasteiger partial charge in [0.15, 0.2) is 31.6 Å². The third-order valence-corrected chi connectivity index (χ3v) is 9.32. The zero-order valence-electron chi connectivity index (χ0n) is 27.0. The number of carbonyl (C=O) groups excluding carboxylic acids is 2. The van der Waals surface area contributed by atoms with Gasteiger partial charge in [-0.05, 0) is 74.9 Å². The minimum Gasteiger partial charge on any atom is -0.370 e. The van der Waals surface area contributed by atoms with E-state index in [1.165, 1.54) is 12.1 Å².